The molecule has 3 rings (SSSR count). The van der Waals surface area contributed by atoms with Crippen LogP contribution in [0, 0.1) is 0 Å². The van der Waals surface area contributed by atoms with Crippen molar-refractivity contribution in [2.75, 3.05) is 11.4 Å². The zero-order valence-corrected chi connectivity index (χ0v) is 10.1. The van der Waals surface area contributed by atoms with E-state index in [2.05, 4.69) is 21.9 Å². The molecule has 94 valence electrons. The average Bonchev–Trinajstić information content (AvgIpc) is 2.93. The van der Waals surface area contributed by atoms with Gasteiger partial charge in [-0.15, -0.1) is 0 Å². The molecule has 1 aliphatic rings. The third-order valence-electron chi connectivity index (χ3n) is 3.43. The monoisotopic (exact) mass is 246 g/mol. The van der Waals surface area contributed by atoms with Gasteiger partial charge in [0.15, 0.2) is 5.65 Å². The molecule has 6 nitrogen and oxygen atoms in total. The number of carboxylic acid groups (broad SMARTS) is 1. The maximum absolute atomic E-state index is 11.1. The van der Waals surface area contributed by atoms with Crippen LogP contribution in [0.4, 0.5) is 5.82 Å². The number of fused-ring (bicyclic) bond motifs is 1. The molecule has 0 aliphatic carbocycles. The first-order chi connectivity index (χ1) is 8.66. The van der Waals surface area contributed by atoms with Crippen molar-refractivity contribution in [2.45, 2.75) is 25.8 Å². The molecule has 1 atom stereocenters. The number of aromatic carboxylic acids is 1. The van der Waals surface area contributed by atoms with Gasteiger partial charge in [-0.05, 0) is 25.8 Å². The lowest BCUT2D eigenvalue weighted by atomic mass is 10.2. The molecule has 0 unspecified atom stereocenters. The molecule has 1 aliphatic heterocycles. The molecule has 18 heavy (non-hydrogen) atoms. The number of rotatable bonds is 2. The van der Waals surface area contributed by atoms with Crippen LogP contribution in [0.25, 0.3) is 5.65 Å². The minimum Gasteiger partial charge on any atom is -0.477 e. The zero-order chi connectivity index (χ0) is 12.7. The number of anilines is 1. The molecular weight excluding hydrogens is 232 g/mol. The van der Waals surface area contributed by atoms with Gasteiger partial charge in [-0.25, -0.2) is 14.3 Å². The van der Waals surface area contributed by atoms with Crippen LogP contribution in [-0.4, -0.2) is 38.3 Å². The Morgan fingerprint density at radius 2 is 2.39 bits per heavy atom. The Hall–Kier alpha value is -2.11. The van der Waals surface area contributed by atoms with Crippen molar-refractivity contribution in [3.8, 4) is 0 Å². The van der Waals surface area contributed by atoms with Crippen LogP contribution in [-0.2, 0) is 0 Å². The zero-order valence-electron chi connectivity index (χ0n) is 10.1. The Morgan fingerprint density at radius 1 is 1.56 bits per heavy atom. The molecule has 0 radical (unpaired) electrons. The topological polar surface area (TPSA) is 70.7 Å². The van der Waals surface area contributed by atoms with Gasteiger partial charge in [-0.2, -0.15) is 5.10 Å². The van der Waals surface area contributed by atoms with E-state index in [0.717, 1.165) is 25.2 Å². The van der Waals surface area contributed by atoms with Gasteiger partial charge in [0.1, 0.15) is 11.4 Å². The van der Waals surface area contributed by atoms with Crippen LogP contribution in [0.5, 0.6) is 0 Å². The summed E-state index contributed by atoms with van der Waals surface area (Å²) in [7, 11) is 0. The van der Waals surface area contributed by atoms with E-state index in [1.165, 1.54) is 10.7 Å². The first-order valence-corrected chi connectivity index (χ1v) is 6.01. The Bertz CT molecular complexity index is 607. The van der Waals surface area contributed by atoms with Gasteiger partial charge >= 0.3 is 5.97 Å². The number of carboxylic acids is 1. The molecule has 3 heterocycles. The lowest BCUT2D eigenvalue weighted by molar-refractivity contribution is 0.0699. The van der Waals surface area contributed by atoms with Crippen molar-refractivity contribution in [1.82, 2.24) is 14.6 Å². The van der Waals surface area contributed by atoms with Gasteiger partial charge < -0.3 is 10.0 Å². The van der Waals surface area contributed by atoms with Gasteiger partial charge in [0.25, 0.3) is 0 Å². The Morgan fingerprint density at radius 3 is 3.06 bits per heavy atom. The standard InChI is InChI=1S/C12H14N4O2/c1-8-3-2-5-15(8)10-4-6-16-11(14-10)9(7-13-16)12(17)18/h4,6-8H,2-3,5H2,1H3,(H,17,18)/t8-/m0/s1. The van der Waals surface area contributed by atoms with Crippen molar-refractivity contribution in [1.29, 1.82) is 0 Å². The molecule has 0 amide bonds. The Labute approximate surface area is 104 Å². The summed E-state index contributed by atoms with van der Waals surface area (Å²) in [5, 5.41) is 13.1. The van der Waals surface area contributed by atoms with E-state index >= 15 is 0 Å². The summed E-state index contributed by atoms with van der Waals surface area (Å²) in [4.78, 5) is 17.7. The number of nitrogens with zero attached hydrogens (tertiary/aromatic N) is 4. The third-order valence-corrected chi connectivity index (χ3v) is 3.43. The molecule has 0 spiro atoms. The molecule has 2 aromatic rings. The van der Waals surface area contributed by atoms with E-state index in [9.17, 15) is 4.79 Å². The molecule has 0 saturated carbocycles. The van der Waals surface area contributed by atoms with Crippen molar-refractivity contribution >= 4 is 17.4 Å². The highest BCUT2D eigenvalue weighted by molar-refractivity contribution is 5.94. The first-order valence-electron chi connectivity index (χ1n) is 6.01. The highest BCUT2D eigenvalue weighted by Crippen LogP contribution is 2.24. The molecule has 1 saturated heterocycles. The Balaban J connectivity index is 2.09. The quantitative estimate of drug-likeness (QED) is 0.867. The minimum absolute atomic E-state index is 0.142. The fourth-order valence-corrected chi connectivity index (χ4v) is 2.44. The minimum atomic E-state index is -0.996. The molecule has 6 heteroatoms. The predicted molar refractivity (Wildman–Crippen MR) is 66.0 cm³/mol. The summed E-state index contributed by atoms with van der Waals surface area (Å²) in [6.07, 6.45) is 5.40. The van der Waals surface area contributed by atoms with Gasteiger partial charge in [-0.1, -0.05) is 0 Å². The van der Waals surface area contributed by atoms with E-state index in [-0.39, 0.29) is 5.56 Å². The van der Waals surface area contributed by atoms with Crippen LogP contribution in [0.1, 0.15) is 30.1 Å². The number of hydrogen-bond donors (Lipinski definition) is 1. The van der Waals surface area contributed by atoms with Crippen LogP contribution >= 0.6 is 0 Å². The molecular formula is C12H14N4O2. The van der Waals surface area contributed by atoms with Crippen LogP contribution in [0.2, 0.25) is 0 Å². The second-order valence-electron chi connectivity index (χ2n) is 4.60. The van der Waals surface area contributed by atoms with Crippen molar-refractivity contribution in [3.05, 3.63) is 24.0 Å². The van der Waals surface area contributed by atoms with E-state index in [0.29, 0.717) is 11.7 Å². The second kappa shape index (κ2) is 3.97. The summed E-state index contributed by atoms with van der Waals surface area (Å²) in [5.41, 5.74) is 0.544. The van der Waals surface area contributed by atoms with Crippen molar-refractivity contribution in [3.63, 3.8) is 0 Å². The highest BCUT2D eigenvalue weighted by atomic mass is 16.4. The highest BCUT2D eigenvalue weighted by Gasteiger charge is 2.22. The van der Waals surface area contributed by atoms with Crippen LogP contribution < -0.4 is 4.90 Å². The summed E-state index contributed by atoms with van der Waals surface area (Å²) in [6.45, 7) is 3.13. The van der Waals surface area contributed by atoms with E-state index < -0.39 is 5.97 Å². The largest absolute Gasteiger partial charge is 0.477 e. The van der Waals surface area contributed by atoms with Crippen molar-refractivity contribution < 1.29 is 9.90 Å². The lowest BCUT2D eigenvalue weighted by Gasteiger charge is -2.22. The van der Waals surface area contributed by atoms with E-state index in [1.54, 1.807) is 6.20 Å². The third kappa shape index (κ3) is 1.61. The first kappa shape index (κ1) is 11.0. The predicted octanol–water partition coefficient (Wildman–Crippen LogP) is 1.42. The molecule has 1 N–H and O–H groups in total. The number of aromatic nitrogens is 3. The second-order valence-corrected chi connectivity index (χ2v) is 4.60. The summed E-state index contributed by atoms with van der Waals surface area (Å²) < 4.78 is 1.49. The lowest BCUT2D eigenvalue weighted by Crippen LogP contribution is -2.27. The fraction of sp³-hybridized carbons (Fsp3) is 0.417. The maximum atomic E-state index is 11.1. The molecule has 0 bridgehead atoms. The number of hydrogen-bond acceptors (Lipinski definition) is 4. The van der Waals surface area contributed by atoms with Crippen LogP contribution in [0.15, 0.2) is 18.5 Å². The summed E-state index contributed by atoms with van der Waals surface area (Å²) in [5.74, 6) is -0.167. The van der Waals surface area contributed by atoms with Gasteiger partial charge in [0.05, 0.1) is 6.20 Å². The average molecular weight is 246 g/mol. The fourth-order valence-electron chi connectivity index (χ4n) is 2.44. The molecule has 1 fully saturated rings. The Kier molecular flexibility index (Phi) is 2.43. The number of carbonyl (C=O) groups is 1. The van der Waals surface area contributed by atoms with E-state index in [1.807, 2.05) is 6.07 Å². The summed E-state index contributed by atoms with van der Waals surface area (Å²) in [6, 6.07) is 2.34. The summed E-state index contributed by atoms with van der Waals surface area (Å²) >= 11 is 0. The van der Waals surface area contributed by atoms with Crippen molar-refractivity contribution in [2.24, 2.45) is 0 Å². The molecule has 0 aromatic carbocycles. The van der Waals surface area contributed by atoms with Gasteiger partial charge in [0, 0.05) is 18.8 Å². The maximum Gasteiger partial charge on any atom is 0.341 e. The van der Waals surface area contributed by atoms with E-state index in [4.69, 9.17) is 5.11 Å². The molecule has 2 aromatic heterocycles. The van der Waals surface area contributed by atoms with Gasteiger partial charge in [0.2, 0.25) is 0 Å². The SMILES string of the molecule is C[C@H]1CCCN1c1ccn2ncc(C(=O)O)c2n1. The normalized spacial score (nSPS) is 19.6. The van der Waals surface area contributed by atoms with Crippen LogP contribution in [0.3, 0.4) is 0 Å². The van der Waals surface area contributed by atoms with Gasteiger partial charge in [-0.3, -0.25) is 0 Å². The smallest absolute Gasteiger partial charge is 0.341 e.